The van der Waals surface area contributed by atoms with E-state index in [2.05, 4.69) is 0 Å². The summed E-state index contributed by atoms with van der Waals surface area (Å²) in [5, 5.41) is 14.8. The van der Waals surface area contributed by atoms with Crippen molar-refractivity contribution < 1.29 is 41.9 Å². The predicted octanol–water partition coefficient (Wildman–Crippen LogP) is -1.93. The molecule has 0 atom stereocenters. The molecule has 12 heavy (non-hydrogen) atoms. The van der Waals surface area contributed by atoms with Crippen molar-refractivity contribution in [2.75, 3.05) is 0 Å². The van der Waals surface area contributed by atoms with Crippen LogP contribution in [0, 0.1) is 0 Å². The molecule has 8 nitrogen and oxygen atoms in total. The van der Waals surface area contributed by atoms with Crippen molar-refractivity contribution in [2.45, 2.75) is 0 Å². The number of carboxylic acid groups (broad SMARTS) is 2. The maximum Gasteiger partial charge on any atom is 2.00 e. The number of aliphatic carboxylic acids is 2. The number of carbonyl (C=O) groups is 2. The zero-order chi connectivity index (χ0) is 9.65. The van der Waals surface area contributed by atoms with Gasteiger partial charge in [0, 0.05) is 0 Å². The van der Waals surface area contributed by atoms with Crippen LogP contribution in [-0.2, 0) is 14.2 Å². The Balaban J connectivity index is -0.0000000321. The van der Waals surface area contributed by atoms with Gasteiger partial charge in [-0.2, -0.15) is 0 Å². The Morgan fingerprint density at radius 1 is 1.00 bits per heavy atom. The van der Waals surface area contributed by atoms with E-state index in [9.17, 15) is 0 Å². The van der Waals surface area contributed by atoms with E-state index in [1.54, 1.807) is 0 Å². The third kappa shape index (κ3) is 48.1. The molecule has 0 aromatic heterocycles. The average Bonchev–Trinajstić information content (AvgIpc) is 1.59. The predicted molar refractivity (Wildman–Crippen MR) is 37.5 cm³/mol. The van der Waals surface area contributed by atoms with Gasteiger partial charge in [0.05, 0.1) is 0 Å². The zero-order valence-corrected chi connectivity index (χ0v) is 8.72. The molecule has 0 aliphatic heterocycles. The second-order valence-electron chi connectivity index (χ2n) is 1.12. The van der Waals surface area contributed by atoms with E-state index in [1.165, 1.54) is 0 Å². The topological polar surface area (TPSA) is 152 Å². The first-order chi connectivity index (χ1) is 4.64. The molecule has 0 aromatic carbocycles. The summed E-state index contributed by atoms with van der Waals surface area (Å²) in [6, 6.07) is 0. The monoisotopic (exact) mass is 230 g/mol. The van der Waals surface area contributed by atoms with Gasteiger partial charge in [0.1, 0.15) is 0 Å². The summed E-state index contributed by atoms with van der Waals surface area (Å²) in [6.45, 7) is 0. The summed E-state index contributed by atoms with van der Waals surface area (Å²) < 4.78 is 8.88. The van der Waals surface area contributed by atoms with Crippen molar-refractivity contribution in [2.24, 2.45) is 0 Å². The molecule has 5 N–H and O–H groups in total. The molecule has 0 saturated carbocycles. The average molecular weight is 230 g/mol. The minimum atomic E-state index is -4.64. The minimum absolute atomic E-state index is 0. The molecule has 0 unspecified atom stereocenters. The van der Waals surface area contributed by atoms with E-state index in [1.807, 2.05) is 0 Å². The van der Waals surface area contributed by atoms with E-state index in [4.69, 9.17) is 39.0 Å². The summed E-state index contributed by atoms with van der Waals surface area (Å²) in [5.74, 6) is -3.65. The van der Waals surface area contributed by atoms with Crippen molar-refractivity contribution in [1.29, 1.82) is 0 Å². The molecule has 70 valence electrons. The van der Waals surface area contributed by atoms with Crippen molar-refractivity contribution in [3.05, 3.63) is 0 Å². The third-order valence-electron chi connectivity index (χ3n) is 0.183. The number of hydrogen-bond donors (Lipinski definition) is 5. The summed E-state index contributed by atoms with van der Waals surface area (Å²) in [5.41, 5.74) is 0. The molecule has 0 heterocycles. The van der Waals surface area contributed by atoms with Crippen LogP contribution in [0.1, 0.15) is 2.85 Å². The van der Waals surface area contributed by atoms with Crippen molar-refractivity contribution >= 4 is 57.5 Å². The molecular formula is C2H7CaO8P. The Kier molecular flexibility index (Phi) is 12.0. The van der Waals surface area contributed by atoms with Gasteiger partial charge in [-0.05, 0) is 0 Å². The fourth-order valence-corrected chi connectivity index (χ4v) is 0. The molecule has 0 aliphatic rings. The molecule has 10 heteroatoms. The summed E-state index contributed by atoms with van der Waals surface area (Å²) in [6.07, 6.45) is 0. The Morgan fingerprint density at radius 2 is 1.08 bits per heavy atom. The maximum absolute atomic E-state index is 9.10. The van der Waals surface area contributed by atoms with E-state index in [-0.39, 0.29) is 40.6 Å². The van der Waals surface area contributed by atoms with Crippen molar-refractivity contribution in [3.8, 4) is 0 Å². The Bertz CT molecular complexity index is 181. The number of carboxylic acids is 2. The SMILES string of the molecule is O=C(O)C(=O)O.O=P(O)(O)O.[Ca+2].[H-].[H-]. The standard InChI is InChI=1S/C2H2O4.Ca.H3O4P.2H/c3-1(4)2(5)6;;1-5(2,3)4;;/h(H,3,4)(H,5,6);;(H3,1,2,3,4);;/q;+2;;2*-1. The van der Waals surface area contributed by atoms with Gasteiger partial charge < -0.3 is 27.7 Å². The van der Waals surface area contributed by atoms with Gasteiger partial charge in [0.2, 0.25) is 0 Å². The van der Waals surface area contributed by atoms with E-state index in [0.29, 0.717) is 0 Å². The van der Waals surface area contributed by atoms with Crippen LogP contribution in [0.3, 0.4) is 0 Å². The van der Waals surface area contributed by atoms with Crippen LogP contribution < -0.4 is 0 Å². The summed E-state index contributed by atoms with van der Waals surface area (Å²) >= 11 is 0. The Morgan fingerprint density at radius 3 is 1.08 bits per heavy atom. The van der Waals surface area contributed by atoms with Crippen LogP contribution in [0.15, 0.2) is 0 Å². The normalized spacial score (nSPS) is 8.58. The molecule has 0 saturated heterocycles. The maximum atomic E-state index is 9.10. The molecule has 0 radical (unpaired) electrons. The summed E-state index contributed by atoms with van der Waals surface area (Å²) in [4.78, 5) is 39.8. The molecule has 0 aromatic rings. The third-order valence-corrected chi connectivity index (χ3v) is 0.183. The van der Waals surface area contributed by atoms with Gasteiger partial charge in [0.25, 0.3) is 0 Å². The minimum Gasteiger partial charge on any atom is -1.00 e. The van der Waals surface area contributed by atoms with E-state index < -0.39 is 19.8 Å². The zero-order valence-electron chi connectivity index (χ0n) is 7.62. The molecule has 0 aliphatic carbocycles. The first kappa shape index (κ1) is 18.2. The van der Waals surface area contributed by atoms with Crippen LogP contribution in [0.25, 0.3) is 0 Å². The number of rotatable bonds is 0. The van der Waals surface area contributed by atoms with Gasteiger partial charge in [0.15, 0.2) is 0 Å². The first-order valence-electron chi connectivity index (χ1n) is 1.89. The second-order valence-corrected chi connectivity index (χ2v) is 2.15. The van der Waals surface area contributed by atoms with E-state index in [0.717, 1.165) is 0 Å². The number of phosphoric acid groups is 1. The van der Waals surface area contributed by atoms with E-state index >= 15 is 0 Å². The molecule has 0 fully saturated rings. The largest absolute Gasteiger partial charge is 2.00 e. The van der Waals surface area contributed by atoms with Crippen LogP contribution in [0.5, 0.6) is 0 Å². The molecular weight excluding hydrogens is 223 g/mol. The van der Waals surface area contributed by atoms with Crippen molar-refractivity contribution in [3.63, 3.8) is 0 Å². The molecule has 0 bridgehead atoms. The van der Waals surface area contributed by atoms with Crippen LogP contribution in [-0.4, -0.2) is 74.6 Å². The quantitative estimate of drug-likeness (QED) is 0.183. The molecule has 0 spiro atoms. The van der Waals surface area contributed by atoms with Gasteiger partial charge in [-0.1, -0.05) is 0 Å². The van der Waals surface area contributed by atoms with Crippen LogP contribution in [0.4, 0.5) is 0 Å². The molecule has 0 amide bonds. The smallest absolute Gasteiger partial charge is 1.00 e. The van der Waals surface area contributed by atoms with Gasteiger partial charge in [-0.3, -0.25) is 0 Å². The summed E-state index contributed by atoms with van der Waals surface area (Å²) in [7, 11) is -4.64. The Labute approximate surface area is 99.0 Å². The van der Waals surface area contributed by atoms with Crippen molar-refractivity contribution in [1.82, 2.24) is 0 Å². The fourth-order valence-electron chi connectivity index (χ4n) is 0. The van der Waals surface area contributed by atoms with Gasteiger partial charge >= 0.3 is 57.5 Å². The second kappa shape index (κ2) is 7.93. The fraction of sp³-hybridized carbons (Fsp3) is 0. The Hall–Kier alpha value is 0.310. The van der Waals surface area contributed by atoms with Crippen LogP contribution >= 0.6 is 7.82 Å². The van der Waals surface area contributed by atoms with Crippen LogP contribution in [0.2, 0.25) is 0 Å². The number of hydrogen-bond acceptors (Lipinski definition) is 3. The van der Waals surface area contributed by atoms with Gasteiger partial charge in [-0.15, -0.1) is 0 Å². The molecule has 0 rings (SSSR count). The van der Waals surface area contributed by atoms with Gasteiger partial charge in [-0.25, -0.2) is 14.2 Å². The first-order valence-corrected chi connectivity index (χ1v) is 3.45.